The predicted molar refractivity (Wildman–Crippen MR) is 153 cm³/mol. The number of nitrogens with two attached hydrogens (primary N) is 1. The number of anilines is 2. The lowest BCUT2D eigenvalue weighted by molar-refractivity contribution is -0.126. The standard InChI is InChI=1S/C31H22N4O3S/c32-29-18-30(36)35(33-29)31(37)19-11-13-21(14-12-19)34-24-8-3-2-7-22(24)23(28-10-5-15-39-28)17-25(34)27-16-20-6-1-4-9-26(20)38-27/h1-17,23H,18H2,(H2,32,33). The summed E-state index contributed by atoms with van der Waals surface area (Å²) in [4.78, 5) is 28.5. The SMILES string of the molecule is NC1=NN(C(=O)c2ccc(N3C(c4cc5ccccc5o4)=CC(c4cccs4)c4ccccc43)cc2)C(=O)C1. The molecular formula is C31H22N4O3S. The molecule has 1 unspecified atom stereocenters. The third-order valence-electron chi connectivity index (χ3n) is 6.97. The second-order valence-corrected chi connectivity index (χ2v) is 10.4. The van der Waals surface area contributed by atoms with E-state index in [9.17, 15) is 9.59 Å². The van der Waals surface area contributed by atoms with E-state index in [4.69, 9.17) is 10.2 Å². The number of carbonyl (C=O) groups is 2. The van der Waals surface area contributed by atoms with Gasteiger partial charge in [0.1, 0.15) is 11.4 Å². The lowest BCUT2D eigenvalue weighted by atomic mass is 9.89. The van der Waals surface area contributed by atoms with Gasteiger partial charge in [0.15, 0.2) is 5.76 Å². The van der Waals surface area contributed by atoms with Gasteiger partial charge < -0.3 is 15.1 Å². The van der Waals surface area contributed by atoms with Crippen molar-refractivity contribution >= 4 is 57.0 Å². The fraction of sp³-hybridized carbons (Fsp3) is 0.0645. The number of hydrogen-bond donors (Lipinski definition) is 1. The lowest BCUT2D eigenvalue weighted by Crippen LogP contribution is -2.28. The Balaban J connectivity index is 1.35. The average molecular weight is 531 g/mol. The summed E-state index contributed by atoms with van der Waals surface area (Å²) in [5.41, 5.74) is 10.8. The lowest BCUT2D eigenvalue weighted by Gasteiger charge is -2.35. The van der Waals surface area contributed by atoms with Gasteiger partial charge in [0.05, 0.1) is 17.8 Å². The number of rotatable bonds is 4. The van der Waals surface area contributed by atoms with E-state index in [2.05, 4.69) is 57.9 Å². The first kappa shape index (κ1) is 23.2. The number of thiophene rings is 1. The van der Waals surface area contributed by atoms with E-state index in [1.165, 1.54) is 10.4 Å². The number of allylic oxidation sites excluding steroid dienone is 1. The highest BCUT2D eigenvalue weighted by Crippen LogP contribution is 2.48. The molecule has 5 aromatic rings. The van der Waals surface area contributed by atoms with E-state index >= 15 is 0 Å². The van der Waals surface area contributed by atoms with E-state index in [-0.39, 0.29) is 18.2 Å². The molecule has 39 heavy (non-hydrogen) atoms. The van der Waals surface area contributed by atoms with Crippen LogP contribution in [0.3, 0.4) is 0 Å². The Morgan fingerprint density at radius 2 is 1.77 bits per heavy atom. The van der Waals surface area contributed by atoms with Crippen LogP contribution in [0.2, 0.25) is 0 Å². The largest absolute Gasteiger partial charge is 0.455 e. The van der Waals surface area contributed by atoms with Crippen LogP contribution in [0.1, 0.15) is 38.9 Å². The van der Waals surface area contributed by atoms with Crippen LogP contribution in [-0.4, -0.2) is 22.7 Å². The van der Waals surface area contributed by atoms with Crippen LogP contribution >= 0.6 is 11.3 Å². The van der Waals surface area contributed by atoms with Crippen LogP contribution in [0.4, 0.5) is 11.4 Å². The van der Waals surface area contributed by atoms with E-state index in [1.807, 2.05) is 42.5 Å². The van der Waals surface area contributed by atoms with Crippen molar-refractivity contribution in [1.29, 1.82) is 0 Å². The molecule has 2 aromatic heterocycles. The van der Waals surface area contributed by atoms with Gasteiger partial charge in [-0.2, -0.15) is 5.01 Å². The van der Waals surface area contributed by atoms with Gasteiger partial charge in [-0.3, -0.25) is 9.59 Å². The number of furan rings is 1. The monoisotopic (exact) mass is 530 g/mol. The summed E-state index contributed by atoms with van der Waals surface area (Å²) in [6, 6.07) is 29.8. The molecule has 0 spiro atoms. The summed E-state index contributed by atoms with van der Waals surface area (Å²) in [5, 5.41) is 7.85. The summed E-state index contributed by atoms with van der Waals surface area (Å²) in [6.45, 7) is 0. The van der Waals surface area contributed by atoms with Crippen molar-refractivity contribution in [3.63, 3.8) is 0 Å². The molecular weight excluding hydrogens is 508 g/mol. The molecule has 4 heterocycles. The van der Waals surface area contributed by atoms with E-state index in [1.54, 1.807) is 23.5 Å². The zero-order valence-corrected chi connectivity index (χ0v) is 21.5. The molecule has 7 nitrogen and oxygen atoms in total. The van der Waals surface area contributed by atoms with Gasteiger partial charge in [0.2, 0.25) is 0 Å². The molecule has 0 aliphatic carbocycles. The maximum absolute atomic E-state index is 13.0. The van der Waals surface area contributed by atoms with Gasteiger partial charge in [-0.05, 0) is 65.6 Å². The number of hydrogen-bond acceptors (Lipinski definition) is 7. The van der Waals surface area contributed by atoms with Crippen LogP contribution in [0.25, 0.3) is 16.7 Å². The van der Waals surface area contributed by atoms with Crippen molar-refractivity contribution in [1.82, 2.24) is 5.01 Å². The number of amidine groups is 1. The summed E-state index contributed by atoms with van der Waals surface area (Å²) < 4.78 is 6.36. The Morgan fingerprint density at radius 1 is 0.974 bits per heavy atom. The molecule has 0 radical (unpaired) electrons. The molecule has 0 fully saturated rings. The van der Waals surface area contributed by atoms with E-state index in [0.717, 1.165) is 38.8 Å². The van der Waals surface area contributed by atoms with Crippen molar-refractivity contribution in [3.8, 4) is 0 Å². The van der Waals surface area contributed by atoms with Gasteiger partial charge in [-0.25, -0.2) is 0 Å². The second-order valence-electron chi connectivity index (χ2n) is 9.41. The molecule has 0 bridgehead atoms. The number of imide groups is 1. The average Bonchev–Trinajstić information content (AvgIpc) is 3.72. The fourth-order valence-corrected chi connectivity index (χ4v) is 5.98. The minimum atomic E-state index is -0.503. The molecule has 2 aliphatic heterocycles. The quantitative estimate of drug-likeness (QED) is 0.269. The Bertz CT molecular complexity index is 1770. The van der Waals surface area contributed by atoms with Crippen LogP contribution in [0.5, 0.6) is 0 Å². The normalized spacial score (nSPS) is 16.8. The van der Waals surface area contributed by atoms with Gasteiger partial charge in [-0.1, -0.05) is 42.5 Å². The summed E-state index contributed by atoms with van der Waals surface area (Å²) in [5.74, 6) is 0.0137. The highest BCUT2D eigenvalue weighted by Gasteiger charge is 2.32. The summed E-state index contributed by atoms with van der Waals surface area (Å²) in [6.07, 6.45) is 2.19. The summed E-state index contributed by atoms with van der Waals surface area (Å²) >= 11 is 1.73. The number of hydrazone groups is 1. The third kappa shape index (κ3) is 3.93. The molecule has 0 saturated heterocycles. The minimum absolute atomic E-state index is 0.0502. The van der Waals surface area contributed by atoms with Crippen LogP contribution in [-0.2, 0) is 4.79 Å². The molecule has 1 atom stereocenters. The van der Waals surface area contributed by atoms with Gasteiger partial charge in [0, 0.05) is 27.4 Å². The minimum Gasteiger partial charge on any atom is -0.455 e. The van der Waals surface area contributed by atoms with Crippen molar-refractivity contribution in [2.24, 2.45) is 10.8 Å². The van der Waals surface area contributed by atoms with E-state index < -0.39 is 11.8 Å². The molecule has 2 amide bonds. The zero-order valence-electron chi connectivity index (χ0n) is 20.7. The predicted octanol–water partition coefficient (Wildman–Crippen LogP) is 6.46. The Morgan fingerprint density at radius 3 is 2.51 bits per heavy atom. The van der Waals surface area contributed by atoms with Gasteiger partial charge >= 0.3 is 0 Å². The van der Waals surface area contributed by atoms with Gasteiger partial charge in [0.25, 0.3) is 11.8 Å². The smallest absolute Gasteiger partial charge is 0.281 e. The Labute approximate surface area is 228 Å². The maximum Gasteiger partial charge on any atom is 0.281 e. The number of fused-ring (bicyclic) bond motifs is 2. The Hall–Kier alpha value is -4.95. The van der Waals surface area contributed by atoms with Gasteiger partial charge in [-0.15, -0.1) is 16.4 Å². The Kier molecular flexibility index (Phi) is 5.42. The first-order valence-electron chi connectivity index (χ1n) is 12.5. The molecule has 8 heteroatoms. The maximum atomic E-state index is 13.0. The molecule has 2 N–H and O–H groups in total. The van der Waals surface area contributed by atoms with Crippen LogP contribution in [0, 0.1) is 0 Å². The molecule has 190 valence electrons. The molecule has 7 rings (SSSR count). The number of para-hydroxylation sites is 2. The zero-order chi connectivity index (χ0) is 26.5. The number of nitrogens with zero attached hydrogens (tertiary/aromatic N) is 3. The van der Waals surface area contributed by atoms with Crippen LogP contribution < -0.4 is 10.6 Å². The van der Waals surface area contributed by atoms with Crippen molar-refractivity contribution in [2.45, 2.75) is 12.3 Å². The first-order valence-corrected chi connectivity index (χ1v) is 13.4. The number of carbonyl (C=O) groups excluding carboxylic acids is 2. The molecule has 0 saturated carbocycles. The number of amides is 2. The van der Waals surface area contributed by atoms with Crippen molar-refractivity contribution in [3.05, 3.63) is 124 Å². The highest BCUT2D eigenvalue weighted by atomic mass is 32.1. The topological polar surface area (TPSA) is 92.1 Å². The van der Waals surface area contributed by atoms with E-state index in [0.29, 0.717) is 5.56 Å². The molecule has 3 aromatic carbocycles. The first-order chi connectivity index (χ1) is 19.1. The molecule has 2 aliphatic rings. The third-order valence-corrected chi connectivity index (χ3v) is 7.92. The van der Waals surface area contributed by atoms with Crippen molar-refractivity contribution in [2.75, 3.05) is 4.90 Å². The second kappa shape index (κ2) is 9.11. The number of benzene rings is 3. The summed E-state index contributed by atoms with van der Waals surface area (Å²) in [7, 11) is 0. The fourth-order valence-electron chi connectivity index (χ4n) is 5.17. The van der Waals surface area contributed by atoms with Crippen LogP contribution in [0.15, 0.2) is 112 Å². The van der Waals surface area contributed by atoms with Crippen molar-refractivity contribution < 1.29 is 14.0 Å². The highest BCUT2D eigenvalue weighted by molar-refractivity contribution is 7.10.